The number of nitrogens with zero attached hydrogens (tertiary/aromatic N) is 4. The average Bonchev–Trinajstić information content (AvgIpc) is 3.18. The van der Waals surface area contributed by atoms with Gasteiger partial charge in [0, 0.05) is 6.54 Å². The molecule has 0 unspecified atom stereocenters. The fourth-order valence-electron chi connectivity index (χ4n) is 2.62. The summed E-state index contributed by atoms with van der Waals surface area (Å²) in [4.78, 5) is 14.1. The summed E-state index contributed by atoms with van der Waals surface area (Å²) < 4.78 is 7.64. The summed E-state index contributed by atoms with van der Waals surface area (Å²) in [7, 11) is 0. The van der Waals surface area contributed by atoms with Crippen LogP contribution in [0.15, 0.2) is 47.1 Å². The normalized spacial score (nSPS) is 11.5. The van der Waals surface area contributed by atoms with Crippen LogP contribution in [0.2, 0.25) is 0 Å². The van der Waals surface area contributed by atoms with E-state index in [1.54, 1.807) is 6.26 Å². The Labute approximate surface area is 127 Å². The number of benzene rings is 1. The molecule has 0 aliphatic heterocycles. The van der Waals surface area contributed by atoms with Gasteiger partial charge in [0.15, 0.2) is 22.9 Å². The molecule has 0 bridgehead atoms. The second kappa shape index (κ2) is 5.26. The van der Waals surface area contributed by atoms with E-state index in [4.69, 9.17) is 9.40 Å². The lowest BCUT2D eigenvalue weighted by atomic mass is 10.3. The summed E-state index contributed by atoms with van der Waals surface area (Å²) in [5, 5.41) is 0. The van der Waals surface area contributed by atoms with Crippen molar-refractivity contribution < 1.29 is 4.42 Å². The van der Waals surface area contributed by atoms with Gasteiger partial charge >= 0.3 is 0 Å². The monoisotopic (exact) mass is 292 g/mol. The van der Waals surface area contributed by atoms with Crippen LogP contribution < -0.4 is 0 Å². The summed E-state index contributed by atoms with van der Waals surface area (Å²) in [6.07, 6.45) is 3.84. The second-order valence-electron chi connectivity index (χ2n) is 5.28. The number of aromatic nitrogens is 4. The molecule has 5 heteroatoms. The van der Waals surface area contributed by atoms with Crippen molar-refractivity contribution in [2.24, 2.45) is 0 Å². The van der Waals surface area contributed by atoms with E-state index >= 15 is 0 Å². The molecule has 0 N–H and O–H groups in total. The first-order valence-electron chi connectivity index (χ1n) is 7.53. The van der Waals surface area contributed by atoms with E-state index < -0.39 is 0 Å². The predicted molar refractivity (Wildman–Crippen MR) is 85.4 cm³/mol. The first-order valence-corrected chi connectivity index (χ1v) is 7.53. The Bertz CT molecular complexity index is 925. The number of hydrogen-bond donors (Lipinski definition) is 0. The Kier molecular flexibility index (Phi) is 3.11. The zero-order chi connectivity index (χ0) is 14.9. The first-order chi connectivity index (χ1) is 10.9. The van der Waals surface area contributed by atoms with Gasteiger partial charge in [-0.3, -0.25) is 0 Å². The number of furan rings is 1. The molecular formula is C17H16N4O. The highest BCUT2D eigenvalue weighted by atomic mass is 16.3. The Hall–Kier alpha value is -2.69. The van der Waals surface area contributed by atoms with Gasteiger partial charge in [-0.1, -0.05) is 25.5 Å². The fraction of sp³-hybridized carbons (Fsp3) is 0.235. The third-order valence-electron chi connectivity index (χ3n) is 3.73. The van der Waals surface area contributed by atoms with E-state index in [9.17, 15) is 0 Å². The molecule has 0 saturated carbocycles. The van der Waals surface area contributed by atoms with Gasteiger partial charge in [-0.2, -0.15) is 0 Å². The van der Waals surface area contributed by atoms with Crippen molar-refractivity contribution in [2.45, 2.75) is 26.3 Å². The van der Waals surface area contributed by atoms with Crippen LogP contribution in [-0.2, 0) is 6.54 Å². The van der Waals surface area contributed by atoms with Crippen molar-refractivity contribution in [3.05, 3.63) is 42.7 Å². The first kappa shape index (κ1) is 13.0. The lowest BCUT2D eigenvalue weighted by Gasteiger charge is -2.06. The van der Waals surface area contributed by atoms with E-state index in [1.165, 1.54) is 0 Å². The summed E-state index contributed by atoms with van der Waals surface area (Å²) in [5.74, 6) is 1.55. The van der Waals surface area contributed by atoms with Gasteiger partial charge in [0.2, 0.25) is 0 Å². The molecule has 0 fully saturated rings. The highest BCUT2D eigenvalue weighted by molar-refractivity contribution is 5.84. The summed E-state index contributed by atoms with van der Waals surface area (Å²) in [6.45, 7) is 3.03. The van der Waals surface area contributed by atoms with Crippen molar-refractivity contribution in [3.8, 4) is 11.6 Å². The van der Waals surface area contributed by atoms with Gasteiger partial charge in [-0.05, 0) is 30.7 Å². The number of unbranched alkanes of at least 4 members (excludes halogenated alkanes) is 1. The maximum Gasteiger partial charge on any atom is 0.198 e. The Morgan fingerprint density at radius 1 is 1.00 bits per heavy atom. The van der Waals surface area contributed by atoms with Gasteiger partial charge in [0.05, 0.1) is 17.3 Å². The Morgan fingerprint density at radius 3 is 2.55 bits per heavy atom. The van der Waals surface area contributed by atoms with Crippen molar-refractivity contribution in [1.29, 1.82) is 0 Å². The van der Waals surface area contributed by atoms with Crippen LogP contribution in [0.1, 0.15) is 19.8 Å². The number of aryl methyl sites for hydroxylation is 1. The fourth-order valence-corrected chi connectivity index (χ4v) is 2.62. The molecule has 0 saturated heterocycles. The molecule has 0 aliphatic rings. The number of fused-ring (bicyclic) bond motifs is 2. The molecule has 0 amide bonds. The average molecular weight is 292 g/mol. The van der Waals surface area contributed by atoms with Crippen molar-refractivity contribution >= 4 is 22.3 Å². The van der Waals surface area contributed by atoms with E-state index in [1.807, 2.05) is 36.4 Å². The number of imidazole rings is 1. The highest BCUT2D eigenvalue weighted by Crippen LogP contribution is 2.25. The van der Waals surface area contributed by atoms with Crippen LogP contribution in [0.5, 0.6) is 0 Å². The van der Waals surface area contributed by atoms with E-state index in [0.717, 1.165) is 47.7 Å². The number of hydrogen-bond acceptors (Lipinski definition) is 4. The van der Waals surface area contributed by atoms with Gasteiger partial charge in [-0.15, -0.1) is 0 Å². The van der Waals surface area contributed by atoms with Crippen molar-refractivity contribution in [2.75, 3.05) is 0 Å². The molecule has 0 radical (unpaired) electrons. The molecule has 3 heterocycles. The minimum Gasteiger partial charge on any atom is -0.461 e. The molecular weight excluding hydrogens is 276 g/mol. The van der Waals surface area contributed by atoms with Gasteiger partial charge in [-0.25, -0.2) is 15.0 Å². The van der Waals surface area contributed by atoms with Crippen molar-refractivity contribution in [3.63, 3.8) is 0 Å². The molecule has 4 rings (SSSR count). The van der Waals surface area contributed by atoms with Crippen LogP contribution >= 0.6 is 0 Å². The summed E-state index contributed by atoms with van der Waals surface area (Å²) in [5.41, 5.74) is 3.24. The predicted octanol–water partition coefficient (Wildman–Crippen LogP) is 4.04. The lowest BCUT2D eigenvalue weighted by molar-refractivity contribution is 0.564. The quantitative estimate of drug-likeness (QED) is 0.569. The summed E-state index contributed by atoms with van der Waals surface area (Å²) in [6, 6.07) is 11.7. The summed E-state index contributed by atoms with van der Waals surface area (Å²) >= 11 is 0. The van der Waals surface area contributed by atoms with Crippen molar-refractivity contribution in [1.82, 2.24) is 19.5 Å². The third-order valence-corrected chi connectivity index (χ3v) is 3.73. The maximum atomic E-state index is 5.53. The van der Waals surface area contributed by atoms with Gasteiger partial charge in [0.25, 0.3) is 0 Å². The third kappa shape index (κ3) is 2.06. The van der Waals surface area contributed by atoms with E-state index in [0.29, 0.717) is 5.65 Å². The minimum absolute atomic E-state index is 0.668. The lowest BCUT2D eigenvalue weighted by Crippen LogP contribution is -2.01. The Balaban J connectivity index is 1.99. The van der Waals surface area contributed by atoms with Gasteiger partial charge in [0.1, 0.15) is 0 Å². The van der Waals surface area contributed by atoms with E-state index in [2.05, 4.69) is 21.5 Å². The van der Waals surface area contributed by atoms with Gasteiger partial charge < -0.3 is 8.98 Å². The molecule has 3 aromatic heterocycles. The molecule has 5 nitrogen and oxygen atoms in total. The molecule has 0 atom stereocenters. The molecule has 22 heavy (non-hydrogen) atoms. The highest BCUT2D eigenvalue weighted by Gasteiger charge is 2.17. The van der Waals surface area contributed by atoms with Crippen LogP contribution in [0.3, 0.4) is 0 Å². The number of rotatable bonds is 4. The largest absolute Gasteiger partial charge is 0.461 e. The SMILES string of the molecule is CCCCn1c(-c2ccco2)nc2nc3ccccc3nc21. The van der Waals surface area contributed by atoms with Crippen LogP contribution in [0, 0.1) is 0 Å². The molecule has 4 aromatic rings. The standard InChI is InChI=1S/C17H16N4O/c1-2-3-10-21-16(14-9-6-11-22-14)20-15-17(21)19-13-8-5-4-7-12(13)18-15/h4-9,11H,2-3,10H2,1H3. The second-order valence-corrected chi connectivity index (χ2v) is 5.28. The zero-order valence-corrected chi connectivity index (χ0v) is 12.4. The zero-order valence-electron chi connectivity index (χ0n) is 12.4. The smallest absolute Gasteiger partial charge is 0.198 e. The molecule has 0 aliphatic carbocycles. The van der Waals surface area contributed by atoms with E-state index in [-0.39, 0.29) is 0 Å². The van der Waals surface area contributed by atoms with Crippen LogP contribution in [0.4, 0.5) is 0 Å². The molecule has 1 aromatic carbocycles. The maximum absolute atomic E-state index is 5.53. The van der Waals surface area contributed by atoms with Crippen LogP contribution in [0.25, 0.3) is 33.9 Å². The molecule has 110 valence electrons. The Morgan fingerprint density at radius 2 is 1.82 bits per heavy atom. The van der Waals surface area contributed by atoms with Crippen LogP contribution in [-0.4, -0.2) is 19.5 Å². The minimum atomic E-state index is 0.668. The number of para-hydroxylation sites is 2. The topological polar surface area (TPSA) is 56.7 Å². The molecule has 0 spiro atoms.